The van der Waals surface area contributed by atoms with E-state index in [0.717, 1.165) is 62.9 Å². The van der Waals surface area contributed by atoms with Gasteiger partial charge < -0.3 is 9.80 Å². The minimum atomic E-state index is -1.01. The lowest BCUT2D eigenvalue weighted by Crippen LogP contribution is -2.54. The number of imide groups is 2. The van der Waals surface area contributed by atoms with Crippen molar-refractivity contribution >= 4 is 46.2 Å². The number of piperidine rings is 2. The number of hydrogen-bond acceptors (Lipinski definition) is 8. The molecule has 13 heteroatoms. The van der Waals surface area contributed by atoms with Gasteiger partial charge in [0, 0.05) is 75.9 Å². The summed E-state index contributed by atoms with van der Waals surface area (Å²) < 4.78 is 2.19. The lowest BCUT2D eigenvalue weighted by atomic mass is 9.94. The molecule has 276 valence electrons. The molecule has 0 bridgehead atoms. The fourth-order valence-electron chi connectivity index (χ4n) is 9.04. The van der Waals surface area contributed by atoms with E-state index in [4.69, 9.17) is 5.10 Å². The molecule has 1 N–H and O–H groups in total. The van der Waals surface area contributed by atoms with Gasteiger partial charge in [-0.25, -0.2) is 0 Å². The highest BCUT2D eigenvalue weighted by Gasteiger charge is 2.45. The molecule has 5 aliphatic heterocycles. The van der Waals surface area contributed by atoms with Gasteiger partial charge in [0.1, 0.15) is 6.04 Å². The van der Waals surface area contributed by atoms with Gasteiger partial charge >= 0.3 is 0 Å². The van der Waals surface area contributed by atoms with Crippen LogP contribution in [0.5, 0.6) is 0 Å². The summed E-state index contributed by atoms with van der Waals surface area (Å²) in [5.74, 6) is -1.95. The number of amides is 6. The smallest absolute Gasteiger partial charge is 0.262 e. The highest BCUT2D eigenvalue weighted by Crippen LogP contribution is 2.38. The van der Waals surface area contributed by atoms with Crippen molar-refractivity contribution in [3.05, 3.63) is 88.1 Å². The third-order valence-electron chi connectivity index (χ3n) is 11.9. The number of fused-ring (bicyclic) bond motifs is 4. The molecule has 1 aromatic heterocycles. The van der Waals surface area contributed by atoms with Crippen LogP contribution in [0.2, 0.25) is 0 Å². The molecule has 0 spiro atoms. The average molecular weight is 728 g/mol. The van der Waals surface area contributed by atoms with Crippen molar-refractivity contribution in [2.45, 2.75) is 70.6 Å². The van der Waals surface area contributed by atoms with Gasteiger partial charge in [-0.15, -0.1) is 0 Å². The van der Waals surface area contributed by atoms with Crippen LogP contribution in [0.25, 0.3) is 22.0 Å². The molecule has 6 heterocycles. The van der Waals surface area contributed by atoms with E-state index in [-0.39, 0.29) is 48.4 Å². The van der Waals surface area contributed by atoms with E-state index in [1.165, 1.54) is 5.69 Å². The standard InChI is InChI=1S/C41H41N7O6/c1-24(49)46-18-14-34-33(22-46)38(30-8-4-6-25-5-2-3-7-29(25)30)43-48(34)28-12-16-45(17-13-28)37(51)23-44-15-11-26-19-31-32(20-27(26)21-44)41(54)47(40(31)53)35-9-10-36(50)42-39(35)52/h2-8,19-20,28,35H,9-18,21-23H2,1H3,(H,42,50,52). The largest absolute Gasteiger partial charge is 0.341 e. The van der Waals surface area contributed by atoms with Gasteiger partial charge in [0.05, 0.1) is 29.4 Å². The Morgan fingerprint density at radius 1 is 0.778 bits per heavy atom. The van der Waals surface area contributed by atoms with Crippen molar-refractivity contribution in [1.82, 2.24) is 34.7 Å². The van der Waals surface area contributed by atoms with Gasteiger partial charge in [-0.3, -0.25) is 48.6 Å². The van der Waals surface area contributed by atoms with Crippen LogP contribution >= 0.6 is 0 Å². The quantitative estimate of drug-likeness (QED) is 0.309. The van der Waals surface area contributed by atoms with E-state index < -0.39 is 29.7 Å². The fourth-order valence-corrected chi connectivity index (χ4v) is 9.04. The topological polar surface area (TPSA) is 145 Å². The number of aromatic nitrogens is 2. The van der Waals surface area contributed by atoms with Crippen LogP contribution in [0.3, 0.4) is 0 Å². The van der Waals surface area contributed by atoms with Crippen molar-refractivity contribution in [2.75, 3.05) is 32.7 Å². The Bertz CT molecular complexity index is 2280. The number of carbonyl (C=O) groups excluding carboxylic acids is 6. The van der Waals surface area contributed by atoms with Crippen molar-refractivity contribution in [2.24, 2.45) is 0 Å². The zero-order valence-corrected chi connectivity index (χ0v) is 30.2. The number of nitrogens with one attached hydrogen (secondary N) is 1. The average Bonchev–Trinajstić information content (AvgIpc) is 3.67. The number of likely N-dealkylation sites (tertiary alicyclic amines) is 1. The van der Waals surface area contributed by atoms with Gasteiger partial charge in [0.2, 0.25) is 23.6 Å². The number of rotatable bonds is 5. The predicted molar refractivity (Wildman–Crippen MR) is 197 cm³/mol. The number of benzene rings is 3. The van der Waals surface area contributed by atoms with Gasteiger partial charge in [0.15, 0.2) is 0 Å². The second kappa shape index (κ2) is 13.3. The Morgan fingerprint density at radius 3 is 2.28 bits per heavy atom. The SMILES string of the molecule is CC(=O)N1CCc2c(c(-c3cccc4ccccc34)nn2C2CCN(C(=O)CN3CCc4cc5c(cc4C3)C(=O)N(C3CCC(=O)NC3=O)C5=O)CC2)C1. The van der Waals surface area contributed by atoms with E-state index in [1.54, 1.807) is 19.1 Å². The summed E-state index contributed by atoms with van der Waals surface area (Å²) in [5, 5.41) is 9.79. The van der Waals surface area contributed by atoms with Crippen molar-refractivity contribution in [1.29, 1.82) is 0 Å². The zero-order valence-electron chi connectivity index (χ0n) is 30.2. The van der Waals surface area contributed by atoms with Gasteiger partial charge in [-0.1, -0.05) is 42.5 Å². The Hall–Kier alpha value is -5.69. The number of nitrogens with zero attached hydrogens (tertiary/aromatic N) is 6. The monoisotopic (exact) mass is 727 g/mol. The van der Waals surface area contributed by atoms with E-state index in [2.05, 4.69) is 45.2 Å². The van der Waals surface area contributed by atoms with Crippen LogP contribution in [0.15, 0.2) is 54.6 Å². The molecule has 2 saturated heterocycles. The van der Waals surface area contributed by atoms with Crippen LogP contribution in [0.4, 0.5) is 0 Å². The Labute approximate surface area is 311 Å². The summed E-state index contributed by atoms with van der Waals surface area (Å²) in [6.07, 6.45) is 3.10. The van der Waals surface area contributed by atoms with E-state index in [9.17, 15) is 28.8 Å². The zero-order chi connectivity index (χ0) is 37.2. The molecule has 1 unspecified atom stereocenters. The Balaban J connectivity index is 0.877. The second-order valence-corrected chi connectivity index (χ2v) is 15.1. The molecule has 6 amide bonds. The van der Waals surface area contributed by atoms with Gasteiger partial charge in [-0.2, -0.15) is 5.10 Å². The van der Waals surface area contributed by atoms with Crippen LogP contribution in [-0.2, 0) is 45.1 Å². The van der Waals surface area contributed by atoms with Crippen molar-refractivity contribution in [3.8, 4) is 11.3 Å². The molecule has 4 aromatic rings. The summed E-state index contributed by atoms with van der Waals surface area (Å²) in [6, 6.07) is 17.2. The Morgan fingerprint density at radius 2 is 1.52 bits per heavy atom. The van der Waals surface area contributed by atoms with E-state index in [0.29, 0.717) is 45.7 Å². The minimum Gasteiger partial charge on any atom is -0.341 e. The number of carbonyl (C=O) groups is 6. The maximum atomic E-state index is 13.7. The molecule has 3 aromatic carbocycles. The Kier molecular flexibility index (Phi) is 8.41. The van der Waals surface area contributed by atoms with Crippen LogP contribution in [0.1, 0.15) is 81.7 Å². The van der Waals surface area contributed by atoms with E-state index in [1.807, 2.05) is 21.9 Å². The molecule has 0 saturated carbocycles. The predicted octanol–water partition coefficient (Wildman–Crippen LogP) is 3.23. The van der Waals surface area contributed by atoms with Crippen LogP contribution in [-0.4, -0.2) is 104 Å². The molecular formula is C41H41N7O6. The maximum Gasteiger partial charge on any atom is 0.262 e. The fraction of sp³-hybridized carbons (Fsp3) is 0.390. The molecule has 13 nitrogen and oxygen atoms in total. The molecule has 54 heavy (non-hydrogen) atoms. The summed E-state index contributed by atoms with van der Waals surface area (Å²) >= 11 is 0. The van der Waals surface area contributed by atoms with Crippen LogP contribution < -0.4 is 5.32 Å². The van der Waals surface area contributed by atoms with Crippen molar-refractivity contribution < 1.29 is 28.8 Å². The highest BCUT2D eigenvalue weighted by atomic mass is 16.2. The molecule has 0 aliphatic carbocycles. The third-order valence-corrected chi connectivity index (χ3v) is 11.9. The highest BCUT2D eigenvalue weighted by molar-refractivity contribution is 6.23. The molecule has 5 aliphatic rings. The molecule has 1 atom stereocenters. The first-order valence-electron chi connectivity index (χ1n) is 18.9. The molecule has 9 rings (SSSR count). The molecule has 2 fully saturated rings. The van der Waals surface area contributed by atoms with Gasteiger partial charge in [-0.05, 0) is 59.7 Å². The summed E-state index contributed by atoms with van der Waals surface area (Å²) in [5.41, 5.74) is 6.68. The van der Waals surface area contributed by atoms with Gasteiger partial charge in [0.25, 0.3) is 11.8 Å². The minimum absolute atomic E-state index is 0.0596. The first-order valence-corrected chi connectivity index (χ1v) is 18.9. The lowest BCUT2D eigenvalue weighted by molar-refractivity contribution is -0.136. The summed E-state index contributed by atoms with van der Waals surface area (Å²) in [6.45, 7) is 5.41. The summed E-state index contributed by atoms with van der Waals surface area (Å²) in [7, 11) is 0. The van der Waals surface area contributed by atoms with Crippen molar-refractivity contribution in [3.63, 3.8) is 0 Å². The van der Waals surface area contributed by atoms with Crippen LogP contribution in [0, 0.1) is 0 Å². The second-order valence-electron chi connectivity index (χ2n) is 15.1. The normalized spacial score (nSPS) is 20.6. The van der Waals surface area contributed by atoms with E-state index >= 15 is 0 Å². The first kappa shape index (κ1) is 34.1. The third kappa shape index (κ3) is 5.77. The molecular weight excluding hydrogens is 686 g/mol. The maximum absolute atomic E-state index is 13.7. The number of hydrogen-bond donors (Lipinski definition) is 1. The molecule has 0 radical (unpaired) electrons. The first-order chi connectivity index (χ1) is 26.1. The summed E-state index contributed by atoms with van der Waals surface area (Å²) in [4.78, 5) is 83.9. The lowest BCUT2D eigenvalue weighted by Gasteiger charge is -2.36.